The standard InChI is InChI=1S/C8H6N2O3S/c9-8-2-4-1-5(10(12)13)6(11)3-7(4)14-8/h1-3,11H,9H2. The van der Waals surface area contributed by atoms with Crippen molar-refractivity contribution in [3.8, 4) is 5.75 Å². The number of hydrogen-bond donors (Lipinski definition) is 2. The molecule has 0 fully saturated rings. The van der Waals surface area contributed by atoms with Crippen LogP contribution in [0.1, 0.15) is 0 Å². The van der Waals surface area contributed by atoms with Crippen molar-refractivity contribution in [3.63, 3.8) is 0 Å². The summed E-state index contributed by atoms with van der Waals surface area (Å²) in [5.74, 6) is -0.329. The highest BCUT2D eigenvalue weighted by Crippen LogP contribution is 2.36. The van der Waals surface area contributed by atoms with Crippen LogP contribution in [0, 0.1) is 10.1 Å². The Labute approximate surface area is 82.5 Å². The van der Waals surface area contributed by atoms with Crippen molar-refractivity contribution >= 4 is 32.1 Å². The fraction of sp³-hybridized carbons (Fsp3) is 0. The molecule has 1 heterocycles. The summed E-state index contributed by atoms with van der Waals surface area (Å²) in [6, 6.07) is 4.32. The van der Waals surface area contributed by atoms with Gasteiger partial charge in [0, 0.05) is 22.2 Å². The molecule has 0 bridgehead atoms. The zero-order valence-electron chi connectivity index (χ0n) is 6.93. The topological polar surface area (TPSA) is 89.4 Å². The highest BCUT2D eigenvalue weighted by atomic mass is 32.1. The number of fused-ring (bicyclic) bond motifs is 1. The summed E-state index contributed by atoms with van der Waals surface area (Å²) in [4.78, 5) is 9.87. The van der Waals surface area contributed by atoms with Gasteiger partial charge in [-0.3, -0.25) is 10.1 Å². The van der Waals surface area contributed by atoms with Crippen LogP contribution < -0.4 is 5.73 Å². The van der Waals surface area contributed by atoms with Gasteiger partial charge in [-0.2, -0.15) is 0 Å². The van der Waals surface area contributed by atoms with Crippen molar-refractivity contribution in [3.05, 3.63) is 28.3 Å². The molecule has 1 aromatic heterocycles. The Hall–Kier alpha value is -1.82. The average Bonchev–Trinajstić information content (AvgIpc) is 2.42. The van der Waals surface area contributed by atoms with E-state index in [1.165, 1.54) is 23.5 Å². The van der Waals surface area contributed by atoms with Gasteiger partial charge in [-0.15, -0.1) is 11.3 Å². The van der Waals surface area contributed by atoms with Gasteiger partial charge in [-0.25, -0.2) is 0 Å². The van der Waals surface area contributed by atoms with E-state index in [0.717, 1.165) is 4.70 Å². The highest BCUT2D eigenvalue weighted by molar-refractivity contribution is 7.22. The lowest BCUT2D eigenvalue weighted by Gasteiger charge is -1.95. The van der Waals surface area contributed by atoms with Crippen LogP contribution in [0.3, 0.4) is 0 Å². The van der Waals surface area contributed by atoms with Gasteiger partial charge in [0.2, 0.25) is 0 Å². The van der Waals surface area contributed by atoms with Crippen LogP contribution in [0.25, 0.3) is 10.1 Å². The summed E-state index contributed by atoms with van der Waals surface area (Å²) in [6.07, 6.45) is 0. The Balaban J connectivity index is 2.76. The number of nitrogens with two attached hydrogens (primary N) is 1. The molecule has 0 saturated carbocycles. The molecule has 2 aromatic rings. The van der Waals surface area contributed by atoms with Crippen LogP contribution in [0.5, 0.6) is 5.75 Å². The second-order valence-electron chi connectivity index (χ2n) is 2.78. The second-order valence-corrected chi connectivity index (χ2v) is 3.90. The molecule has 1 aromatic carbocycles. The maximum atomic E-state index is 10.5. The first kappa shape index (κ1) is 8.76. The van der Waals surface area contributed by atoms with Crippen LogP contribution in [-0.4, -0.2) is 10.0 Å². The number of phenols is 1. The molecule has 72 valence electrons. The Morgan fingerprint density at radius 1 is 1.43 bits per heavy atom. The van der Waals surface area contributed by atoms with Gasteiger partial charge in [-0.05, 0) is 6.07 Å². The zero-order chi connectivity index (χ0) is 10.3. The van der Waals surface area contributed by atoms with Crippen LogP contribution in [0.2, 0.25) is 0 Å². The number of hydrogen-bond acceptors (Lipinski definition) is 5. The molecule has 5 nitrogen and oxygen atoms in total. The third-order valence-corrected chi connectivity index (χ3v) is 2.76. The van der Waals surface area contributed by atoms with Gasteiger partial charge in [0.25, 0.3) is 0 Å². The van der Waals surface area contributed by atoms with Gasteiger partial charge < -0.3 is 10.8 Å². The SMILES string of the molecule is Nc1cc2cc([N+](=O)[O-])c(O)cc2s1. The third kappa shape index (κ3) is 1.25. The van der Waals surface area contributed by atoms with Gasteiger partial charge in [0.05, 0.1) is 9.92 Å². The van der Waals surface area contributed by atoms with Crippen LogP contribution in [-0.2, 0) is 0 Å². The van der Waals surface area contributed by atoms with Crippen LogP contribution in [0.4, 0.5) is 10.7 Å². The Morgan fingerprint density at radius 3 is 2.79 bits per heavy atom. The fourth-order valence-electron chi connectivity index (χ4n) is 1.23. The molecule has 3 N–H and O–H groups in total. The predicted octanol–water partition coefficient (Wildman–Crippen LogP) is 2.10. The molecular formula is C8H6N2O3S. The molecule has 6 heteroatoms. The van der Waals surface area contributed by atoms with Gasteiger partial charge in [-0.1, -0.05) is 0 Å². The summed E-state index contributed by atoms with van der Waals surface area (Å²) in [5, 5.41) is 21.0. The molecule has 0 radical (unpaired) electrons. The first-order valence-electron chi connectivity index (χ1n) is 3.74. The predicted molar refractivity (Wildman–Crippen MR) is 54.6 cm³/mol. The largest absolute Gasteiger partial charge is 0.502 e. The number of rotatable bonds is 1. The van der Waals surface area contributed by atoms with E-state index < -0.39 is 4.92 Å². The monoisotopic (exact) mass is 210 g/mol. The summed E-state index contributed by atoms with van der Waals surface area (Å²) in [6.45, 7) is 0. The zero-order valence-corrected chi connectivity index (χ0v) is 7.75. The number of nitro groups is 1. The number of nitrogens with zero attached hydrogens (tertiary/aromatic N) is 1. The fourth-order valence-corrected chi connectivity index (χ4v) is 2.08. The summed E-state index contributed by atoms with van der Waals surface area (Å²) < 4.78 is 0.741. The summed E-state index contributed by atoms with van der Waals surface area (Å²) >= 11 is 1.28. The number of nitrogen functional groups attached to an aromatic ring is 1. The number of anilines is 1. The lowest BCUT2D eigenvalue weighted by atomic mass is 10.2. The van der Waals surface area contributed by atoms with Gasteiger partial charge in [0.1, 0.15) is 0 Å². The molecule has 0 amide bonds. The van der Waals surface area contributed by atoms with E-state index in [9.17, 15) is 15.2 Å². The van der Waals surface area contributed by atoms with E-state index in [-0.39, 0.29) is 11.4 Å². The summed E-state index contributed by atoms with van der Waals surface area (Å²) in [7, 11) is 0. The van der Waals surface area contributed by atoms with Crippen LogP contribution >= 0.6 is 11.3 Å². The Kier molecular flexibility index (Phi) is 1.78. The molecule has 14 heavy (non-hydrogen) atoms. The Morgan fingerprint density at radius 2 is 2.14 bits per heavy atom. The van der Waals surface area contributed by atoms with E-state index in [1.54, 1.807) is 6.07 Å². The van der Waals surface area contributed by atoms with Crippen molar-refractivity contribution in [2.45, 2.75) is 0 Å². The number of aromatic hydroxyl groups is 1. The van der Waals surface area contributed by atoms with Crippen molar-refractivity contribution in [1.82, 2.24) is 0 Å². The third-order valence-electron chi connectivity index (χ3n) is 1.83. The van der Waals surface area contributed by atoms with E-state index in [0.29, 0.717) is 10.4 Å². The minimum absolute atomic E-state index is 0.296. The maximum absolute atomic E-state index is 10.5. The minimum Gasteiger partial charge on any atom is -0.502 e. The van der Waals surface area contributed by atoms with Crippen LogP contribution in [0.15, 0.2) is 18.2 Å². The molecule has 0 atom stereocenters. The minimum atomic E-state index is -0.622. The Bertz CT molecular complexity index is 521. The molecule has 0 spiro atoms. The number of thiophene rings is 1. The smallest absolute Gasteiger partial charge is 0.311 e. The quantitative estimate of drug-likeness (QED) is 0.557. The first-order valence-corrected chi connectivity index (χ1v) is 4.56. The molecule has 0 aliphatic heterocycles. The number of benzene rings is 1. The molecule has 0 unspecified atom stereocenters. The van der Waals surface area contributed by atoms with Crippen molar-refractivity contribution in [1.29, 1.82) is 0 Å². The highest BCUT2D eigenvalue weighted by Gasteiger charge is 2.15. The summed E-state index contributed by atoms with van der Waals surface area (Å²) in [5.41, 5.74) is 5.24. The van der Waals surface area contributed by atoms with E-state index in [4.69, 9.17) is 5.73 Å². The first-order chi connectivity index (χ1) is 6.58. The second kappa shape index (κ2) is 2.85. The normalized spacial score (nSPS) is 10.6. The maximum Gasteiger partial charge on any atom is 0.311 e. The van der Waals surface area contributed by atoms with Gasteiger partial charge >= 0.3 is 5.69 Å². The molecule has 0 aliphatic rings. The lowest BCUT2D eigenvalue weighted by molar-refractivity contribution is -0.385. The van der Waals surface area contributed by atoms with Gasteiger partial charge in [0.15, 0.2) is 5.75 Å². The molecular weight excluding hydrogens is 204 g/mol. The molecule has 0 aliphatic carbocycles. The van der Waals surface area contributed by atoms with Crippen molar-refractivity contribution < 1.29 is 10.0 Å². The van der Waals surface area contributed by atoms with E-state index in [1.807, 2.05) is 0 Å². The van der Waals surface area contributed by atoms with E-state index in [2.05, 4.69) is 0 Å². The lowest BCUT2D eigenvalue weighted by Crippen LogP contribution is -1.87. The molecule has 0 saturated heterocycles. The average molecular weight is 210 g/mol. The van der Waals surface area contributed by atoms with Crippen molar-refractivity contribution in [2.75, 3.05) is 5.73 Å². The number of phenolic OH excluding ortho intramolecular Hbond substituents is 1. The number of nitro benzene ring substituents is 1. The van der Waals surface area contributed by atoms with E-state index >= 15 is 0 Å². The molecule has 2 rings (SSSR count). The van der Waals surface area contributed by atoms with Crippen molar-refractivity contribution in [2.24, 2.45) is 0 Å².